The zero-order valence-corrected chi connectivity index (χ0v) is 21.6. The van der Waals surface area contributed by atoms with Crippen molar-refractivity contribution in [1.82, 2.24) is 45.6 Å². The van der Waals surface area contributed by atoms with E-state index < -0.39 is 0 Å². The molecule has 0 radical (unpaired) electrons. The molecule has 4 N–H and O–H groups in total. The molecule has 0 saturated carbocycles. The van der Waals surface area contributed by atoms with Crippen molar-refractivity contribution in [3.8, 4) is 22.6 Å². The highest BCUT2D eigenvalue weighted by molar-refractivity contribution is 5.96. The zero-order chi connectivity index (χ0) is 26.1. The summed E-state index contributed by atoms with van der Waals surface area (Å²) in [7, 11) is 0. The molecule has 1 amide bonds. The highest BCUT2D eigenvalue weighted by atomic mass is 16.2. The van der Waals surface area contributed by atoms with E-state index in [0.29, 0.717) is 36.2 Å². The van der Waals surface area contributed by atoms with Gasteiger partial charge in [0, 0.05) is 60.8 Å². The Bertz CT molecular complexity index is 1560. The highest BCUT2D eigenvalue weighted by Gasteiger charge is 2.26. The van der Waals surface area contributed by atoms with Gasteiger partial charge in [-0.05, 0) is 61.2 Å². The number of aromatic nitrogens is 7. The molecule has 0 atom stereocenters. The summed E-state index contributed by atoms with van der Waals surface area (Å²) < 4.78 is 0. The van der Waals surface area contributed by atoms with Gasteiger partial charge in [-0.3, -0.25) is 20.0 Å². The fraction of sp³-hybridized carbons (Fsp3) is 0.321. The molecule has 6 rings (SSSR count). The first-order valence-electron chi connectivity index (χ1n) is 13.1. The van der Waals surface area contributed by atoms with Crippen molar-refractivity contribution in [2.75, 3.05) is 19.6 Å². The van der Waals surface area contributed by atoms with Crippen LogP contribution in [0.25, 0.3) is 33.5 Å². The molecule has 0 bridgehead atoms. The Balaban J connectivity index is 1.23. The van der Waals surface area contributed by atoms with Crippen molar-refractivity contribution in [3.63, 3.8) is 0 Å². The number of aromatic amines is 3. The number of imidazole rings is 1. The molecule has 1 aromatic carbocycles. The van der Waals surface area contributed by atoms with Crippen LogP contribution >= 0.6 is 0 Å². The number of hydrogen-bond acceptors (Lipinski definition) is 6. The predicted molar refractivity (Wildman–Crippen MR) is 145 cm³/mol. The van der Waals surface area contributed by atoms with E-state index in [1.165, 1.54) is 11.1 Å². The Kier molecular flexibility index (Phi) is 6.47. The van der Waals surface area contributed by atoms with E-state index >= 15 is 0 Å². The van der Waals surface area contributed by atoms with Gasteiger partial charge in [-0.15, -0.1) is 0 Å². The first kappa shape index (κ1) is 24.1. The van der Waals surface area contributed by atoms with Crippen LogP contribution in [-0.4, -0.2) is 65.8 Å². The van der Waals surface area contributed by atoms with Gasteiger partial charge >= 0.3 is 0 Å². The lowest BCUT2D eigenvalue weighted by molar-refractivity contribution is 0.0707. The number of nitrogens with one attached hydrogen (secondary N) is 4. The average molecular weight is 510 g/mol. The summed E-state index contributed by atoms with van der Waals surface area (Å²) >= 11 is 0. The second-order valence-corrected chi connectivity index (χ2v) is 9.81. The van der Waals surface area contributed by atoms with Crippen LogP contribution in [0.1, 0.15) is 53.0 Å². The number of rotatable bonds is 7. The summed E-state index contributed by atoms with van der Waals surface area (Å²) in [5.41, 5.74) is 7.74. The van der Waals surface area contributed by atoms with E-state index in [1.54, 1.807) is 12.4 Å². The Morgan fingerprint density at radius 1 is 1.13 bits per heavy atom. The molecule has 194 valence electrons. The monoisotopic (exact) mass is 509 g/mol. The second kappa shape index (κ2) is 10.2. The summed E-state index contributed by atoms with van der Waals surface area (Å²) in [6, 6.07) is 8.23. The lowest BCUT2D eigenvalue weighted by Gasteiger charge is -2.31. The van der Waals surface area contributed by atoms with Crippen molar-refractivity contribution in [2.45, 2.75) is 39.2 Å². The Hall–Kier alpha value is -4.31. The molecule has 5 aromatic rings. The van der Waals surface area contributed by atoms with Crippen molar-refractivity contribution in [2.24, 2.45) is 0 Å². The number of amides is 1. The van der Waals surface area contributed by atoms with Gasteiger partial charge in [-0.2, -0.15) is 10.2 Å². The van der Waals surface area contributed by atoms with Crippen LogP contribution < -0.4 is 5.32 Å². The van der Waals surface area contributed by atoms with Crippen LogP contribution in [0, 0.1) is 6.92 Å². The van der Waals surface area contributed by atoms with Gasteiger partial charge in [0.1, 0.15) is 11.4 Å². The van der Waals surface area contributed by atoms with E-state index in [-0.39, 0.29) is 5.91 Å². The lowest BCUT2D eigenvalue weighted by Crippen LogP contribution is -2.38. The molecular formula is C28H31N9O. The van der Waals surface area contributed by atoms with Crippen LogP contribution in [0.3, 0.4) is 0 Å². The maximum absolute atomic E-state index is 13.2. The molecule has 1 saturated heterocycles. The van der Waals surface area contributed by atoms with Crippen LogP contribution in [0.2, 0.25) is 0 Å². The zero-order valence-electron chi connectivity index (χ0n) is 21.6. The maximum atomic E-state index is 13.2. The van der Waals surface area contributed by atoms with Crippen molar-refractivity contribution < 1.29 is 4.79 Å². The summed E-state index contributed by atoms with van der Waals surface area (Å²) in [5.74, 6) is 0.942. The normalized spacial score (nSPS) is 14.4. The van der Waals surface area contributed by atoms with Crippen LogP contribution in [0.4, 0.5) is 0 Å². The average Bonchev–Trinajstić information content (AvgIpc) is 3.73. The number of carbonyl (C=O) groups excluding carboxylic acids is 1. The first-order valence-corrected chi connectivity index (χ1v) is 13.1. The Labute approximate surface area is 220 Å². The number of nitrogens with zero attached hydrogens (tertiary/aromatic N) is 5. The van der Waals surface area contributed by atoms with Gasteiger partial charge in [0.2, 0.25) is 0 Å². The summed E-state index contributed by atoms with van der Waals surface area (Å²) in [5, 5.41) is 19.1. The summed E-state index contributed by atoms with van der Waals surface area (Å²) in [4.78, 5) is 27.3. The number of likely N-dealkylation sites (tertiary alicyclic amines) is 1. The molecule has 38 heavy (non-hydrogen) atoms. The summed E-state index contributed by atoms with van der Waals surface area (Å²) in [6.45, 7) is 7.32. The van der Waals surface area contributed by atoms with E-state index in [4.69, 9.17) is 0 Å². The lowest BCUT2D eigenvalue weighted by atomic mass is 9.93. The molecular weight excluding hydrogens is 478 g/mol. The molecule has 1 aliphatic rings. The van der Waals surface area contributed by atoms with Gasteiger partial charge in [0.15, 0.2) is 5.82 Å². The molecule has 1 fully saturated rings. The van der Waals surface area contributed by atoms with Gasteiger partial charge < -0.3 is 15.2 Å². The minimum Gasteiger partial charge on any atom is -0.337 e. The molecule has 4 aromatic heterocycles. The van der Waals surface area contributed by atoms with E-state index in [2.05, 4.69) is 66.6 Å². The number of carbonyl (C=O) groups is 1. The fourth-order valence-corrected chi connectivity index (χ4v) is 5.27. The maximum Gasteiger partial charge on any atom is 0.271 e. The number of pyridine rings is 1. The van der Waals surface area contributed by atoms with Crippen molar-refractivity contribution in [1.29, 1.82) is 0 Å². The molecule has 5 heterocycles. The van der Waals surface area contributed by atoms with Gasteiger partial charge in [0.05, 0.1) is 11.7 Å². The summed E-state index contributed by atoms with van der Waals surface area (Å²) in [6.07, 6.45) is 9.04. The van der Waals surface area contributed by atoms with Crippen molar-refractivity contribution >= 4 is 16.8 Å². The topological polar surface area (TPSA) is 131 Å². The number of fused-ring (bicyclic) bond motifs is 1. The molecule has 0 unspecified atom stereocenters. The number of benzene rings is 1. The van der Waals surface area contributed by atoms with Gasteiger partial charge in [0.25, 0.3) is 5.91 Å². The third-order valence-corrected chi connectivity index (χ3v) is 7.53. The Morgan fingerprint density at radius 2 is 2.00 bits per heavy atom. The number of H-pyrrole nitrogens is 3. The highest BCUT2D eigenvalue weighted by Crippen LogP contribution is 2.32. The van der Waals surface area contributed by atoms with Gasteiger partial charge in [-0.25, -0.2) is 4.98 Å². The largest absolute Gasteiger partial charge is 0.337 e. The van der Waals surface area contributed by atoms with Gasteiger partial charge in [-0.1, -0.05) is 13.0 Å². The first-order chi connectivity index (χ1) is 18.6. The Morgan fingerprint density at radius 3 is 2.79 bits per heavy atom. The standard InChI is InChI=1S/C28H31N9O/c1-3-29-13-20-14-30-15-22(17(20)2)19-4-5-24-21(12-19)26(36-35-24)27-31-16-25(33-27)28(38)37-10-7-18(8-11-37)23-6-9-32-34-23/h4-6,9,12,14-16,18,29H,3,7-8,10-11,13H2,1-2H3,(H,31,33)(H,32,34)(H,35,36). The van der Waals surface area contributed by atoms with Crippen LogP contribution in [0.15, 0.2) is 49.1 Å². The second-order valence-electron chi connectivity index (χ2n) is 9.81. The minimum atomic E-state index is -0.0356. The van der Waals surface area contributed by atoms with Crippen molar-refractivity contribution in [3.05, 3.63) is 71.6 Å². The van der Waals surface area contributed by atoms with E-state index in [1.807, 2.05) is 29.4 Å². The SMILES string of the molecule is CCNCc1cncc(-c2ccc3[nH]nc(-c4ncc(C(=O)N5CCC(c6ccn[nH]6)CC5)[nH]4)c3c2)c1C. The molecule has 10 heteroatoms. The van der Waals surface area contributed by atoms with Crippen LogP contribution in [-0.2, 0) is 6.54 Å². The minimum absolute atomic E-state index is 0.0356. The molecule has 10 nitrogen and oxygen atoms in total. The predicted octanol–water partition coefficient (Wildman–Crippen LogP) is 4.18. The number of piperidine rings is 1. The van der Waals surface area contributed by atoms with Crippen LogP contribution in [0.5, 0.6) is 0 Å². The fourth-order valence-electron chi connectivity index (χ4n) is 5.27. The third-order valence-electron chi connectivity index (χ3n) is 7.53. The smallest absolute Gasteiger partial charge is 0.271 e. The number of hydrogen-bond donors (Lipinski definition) is 4. The van der Waals surface area contributed by atoms with E-state index in [9.17, 15) is 4.79 Å². The van der Waals surface area contributed by atoms with E-state index in [0.717, 1.165) is 53.7 Å². The third kappa shape index (κ3) is 4.47. The quantitative estimate of drug-likeness (QED) is 0.260. The molecule has 0 aliphatic carbocycles. The molecule has 1 aliphatic heterocycles. The molecule has 0 spiro atoms.